The molecule has 5 heteroatoms. The lowest BCUT2D eigenvalue weighted by molar-refractivity contribution is 0.219. The van der Waals surface area contributed by atoms with Crippen molar-refractivity contribution in [2.45, 2.75) is 39.3 Å². The Hall–Kier alpha value is -1.34. The standard InChI is InChI=1S/C19H23IN2O2/c1-11(2)6-13(21)10-23-19-8-18-15(7-17(19)20)14-4-5-22-9-16(14)12(3)24-18/h4-5,7-9,11-13H,6,10,21H2,1-3H3/t12-,13-/m0/s1. The van der Waals surface area contributed by atoms with E-state index >= 15 is 0 Å². The fourth-order valence-corrected chi connectivity index (χ4v) is 3.68. The van der Waals surface area contributed by atoms with Crippen LogP contribution >= 0.6 is 22.6 Å². The summed E-state index contributed by atoms with van der Waals surface area (Å²) in [5.41, 5.74) is 9.52. The van der Waals surface area contributed by atoms with E-state index < -0.39 is 0 Å². The molecular weight excluding hydrogens is 415 g/mol. The van der Waals surface area contributed by atoms with Crippen molar-refractivity contribution in [3.63, 3.8) is 0 Å². The Morgan fingerprint density at radius 2 is 2.12 bits per heavy atom. The summed E-state index contributed by atoms with van der Waals surface area (Å²) >= 11 is 2.31. The van der Waals surface area contributed by atoms with Crippen molar-refractivity contribution < 1.29 is 9.47 Å². The summed E-state index contributed by atoms with van der Waals surface area (Å²) in [7, 11) is 0. The maximum atomic E-state index is 6.13. The summed E-state index contributed by atoms with van der Waals surface area (Å²) in [5.74, 6) is 2.26. The zero-order valence-corrected chi connectivity index (χ0v) is 16.4. The highest BCUT2D eigenvalue weighted by Crippen LogP contribution is 2.44. The van der Waals surface area contributed by atoms with E-state index in [-0.39, 0.29) is 12.1 Å². The maximum Gasteiger partial charge on any atom is 0.136 e. The minimum atomic E-state index is -0.0164. The Kier molecular flexibility index (Phi) is 5.30. The zero-order chi connectivity index (χ0) is 17.3. The molecular formula is C19H23IN2O2. The predicted molar refractivity (Wildman–Crippen MR) is 104 cm³/mol. The molecule has 0 saturated heterocycles. The van der Waals surface area contributed by atoms with Gasteiger partial charge in [-0.3, -0.25) is 4.98 Å². The number of benzene rings is 1. The van der Waals surface area contributed by atoms with Crippen LogP contribution in [0.15, 0.2) is 30.6 Å². The first-order chi connectivity index (χ1) is 11.5. The van der Waals surface area contributed by atoms with Crippen LogP contribution in [0.5, 0.6) is 11.5 Å². The molecule has 4 nitrogen and oxygen atoms in total. The lowest BCUT2D eigenvalue weighted by atomic mass is 9.95. The average Bonchev–Trinajstić information content (AvgIpc) is 2.53. The van der Waals surface area contributed by atoms with Gasteiger partial charge >= 0.3 is 0 Å². The van der Waals surface area contributed by atoms with Gasteiger partial charge in [0.25, 0.3) is 0 Å². The highest BCUT2D eigenvalue weighted by Gasteiger charge is 2.24. The van der Waals surface area contributed by atoms with Gasteiger partial charge in [0.1, 0.15) is 24.2 Å². The van der Waals surface area contributed by atoms with E-state index in [1.165, 1.54) is 5.56 Å². The van der Waals surface area contributed by atoms with Crippen LogP contribution in [0.1, 0.15) is 38.9 Å². The van der Waals surface area contributed by atoms with Gasteiger partial charge in [-0.05, 0) is 59.5 Å². The largest absolute Gasteiger partial charge is 0.491 e. The molecule has 0 amide bonds. The quantitative estimate of drug-likeness (QED) is 0.696. The SMILES string of the molecule is CC(C)C[C@H](N)COc1cc2c(cc1I)-c1ccncc1[C@H](C)O2. The lowest BCUT2D eigenvalue weighted by Gasteiger charge is -2.27. The van der Waals surface area contributed by atoms with Crippen molar-refractivity contribution in [1.82, 2.24) is 4.98 Å². The molecule has 0 unspecified atom stereocenters. The van der Waals surface area contributed by atoms with E-state index in [1.54, 1.807) is 0 Å². The Morgan fingerprint density at radius 3 is 2.88 bits per heavy atom. The van der Waals surface area contributed by atoms with Crippen molar-refractivity contribution in [1.29, 1.82) is 0 Å². The molecule has 128 valence electrons. The number of ether oxygens (including phenoxy) is 2. The molecule has 0 bridgehead atoms. The number of nitrogens with zero attached hydrogens (tertiary/aromatic N) is 1. The Morgan fingerprint density at radius 1 is 1.33 bits per heavy atom. The number of hydrogen-bond donors (Lipinski definition) is 1. The molecule has 1 aromatic carbocycles. The van der Waals surface area contributed by atoms with Gasteiger partial charge in [-0.1, -0.05) is 13.8 Å². The van der Waals surface area contributed by atoms with E-state index in [0.717, 1.165) is 32.6 Å². The van der Waals surface area contributed by atoms with Gasteiger partial charge < -0.3 is 15.2 Å². The minimum absolute atomic E-state index is 0.0164. The Bertz CT molecular complexity index is 733. The molecule has 0 radical (unpaired) electrons. The zero-order valence-electron chi connectivity index (χ0n) is 14.3. The first kappa shape index (κ1) is 17.5. The normalized spacial score (nSPS) is 17.0. The number of rotatable bonds is 5. The monoisotopic (exact) mass is 438 g/mol. The summed E-state index contributed by atoms with van der Waals surface area (Å²) in [6.45, 7) is 6.90. The number of pyridine rings is 1. The van der Waals surface area contributed by atoms with Crippen molar-refractivity contribution in [2.75, 3.05) is 6.61 Å². The molecule has 2 heterocycles. The van der Waals surface area contributed by atoms with Crippen molar-refractivity contribution in [3.8, 4) is 22.6 Å². The summed E-state index contributed by atoms with van der Waals surface area (Å²) in [4.78, 5) is 4.21. The van der Waals surface area contributed by atoms with Crippen LogP contribution < -0.4 is 15.2 Å². The van der Waals surface area contributed by atoms with Crippen LogP contribution in [0.3, 0.4) is 0 Å². The summed E-state index contributed by atoms with van der Waals surface area (Å²) in [5, 5.41) is 0. The van der Waals surface area contributed by atoms with E-state index in [0.29, 0.717) is 12.5 Å². The van der Waals surface area contributed by atoms with Crippen LogP contribution in [0.4, 0.5) is 0 Å². The fraction of sp³-hybridized carbons (Fsp3) is 0.421. The second-order valence-corrected chi connectivity index (χ2v) is 7.86. The molecule has 1 aromatic heterocycles. The molecule has 0 aliphatic carbocycles. The van der Waals surface area contributed by atoms with E-state index in [1.807, 2.05) is 31.5 Å². The van der Waals surface area contributed by atoms with Crippen LogP contribution in [-0.4, -0.2) is 17.6 Å². The number of aromatic nitrogens is 1. The number of halogens is 1. The van der Waals surface area contributed by atoms with E-state index in [9.17, 15) is 0 Å². The molecule has 2 N–H and O–H groups in total. The topological polar surface area (TPSA) is 57.4 Å². The highest BCUT2D eigenvalue weighted by molar-refractivity contribution is 14.1. The molecule has 0 fully saturated rings. The second-order valence-electron chi connectivity index (χ2n) is 6.70. The van der Waals surface area contributed by atoms with Crippen LogP contribution in [0, 0.1) is 9.49 Å². The molecule has 2 aromatic rings. The Balaban J connectivity index is 1.85. The summed E-state index contributed by atoms with van der Waals surface area (Å²) < 4.78 is 13.1. The molecule has 1 aliphatic heterocycles. The third-order valence-electron chi connectivity index (χ3n) is 4.14. The molecule has 2 atom stereocenters. The van der Waals surface area contributed by atoms with Gasteiger partial charge in [0.05, 0.1) is 3.57 Å². The van der Waals surface area contributed by atoms with Gasteiger partial charge in [0.15, 0.2) is 0 Å². The summed E-state index contributed by atoms with van der Waals surface area (Å²) in [6, 6.07) is 6.19. The third-order valence-corrected chi connectivity index (χ3v) is 4.99. The van der Waals surface area contributed by atoms with Crippen molar-refractivity contribution in [2.24, 2.45) is 11.7 Å². The van der Waals surface area contributed by atoms with Gasteiger partial charge in [0.2, 0.25) is 0 Å². The predicted octanol–water partition coefficient (Wildman–Crippen LogP) is 4.56. The Labute approximate surface area is 156 Å². The van der Waals surface area contributed by atoms with Crippen molar-refractivity contribution in [3.05, 3.63) is 39.7 Å². The number of nitrogens with two attached hydrogens (primary N) is 1. The molecule has 24 heavy (non-hydrogen) atoms. The first-order valence-corrected chi connectivity index (χ1v) is 9.36. The van der Waals surface area contributed by atoms with Gasteiger partial charge in [-0.2, -0.15) is 0 Å². The number of fused-ring (bicyclic) bond motifs is 3. The van der Waals surface area contributed by atoms with E-state index in [4.69, 9.17) is 15.2 Å². The highest BCUT2D eigenvalue weighted by atomic mass is 127. The molecule has 0 saturated carbocycles. The molecule has 0 spiro atoms. The smallest absolute Gasteiger partial charge is 0.136 e. The van der Waals surface area contributed by atoms with Crippen molar-refractivity contribution >= 4 is 22.6 Å². The van der Waals surface area contributed by atoms with Gasteiger partial charge in [-0.25, -0.2) is 0 Å². The second kappa shape index (κ2) is 7.27. The fourth-order valence-electron chi connectivity index (χ4n) is 3.05. The minimum Gasteiger partial charge on any atom is -0.491 e. The molecule has 3 rings (SSSR count). The van der Waals surface area contributed by atoms with E-state index in [2.05, 4.69) is 47.5 Å². The third kappa shape index (κ3) is 3.67. The summed E-state index contributed by atoms with van der Waals surface area (Å²) in [6.07, 6.45) is 4.64. The lowest BCUT2D eigenvalue weighted by Crippen LogP contribution is -2.29. The first-order valence-electron chi connectivity index (χ1n) is 8.28. The van der Waals surface area contributed by atoms with Crippen LogP contribution in [-0.2, 0) is 0 Å². The number of hydrogen-bond acceptors (Lipinski definition) is 4. The van der Waals surface area contributed by atoms with Gasteiger partial charge in [-0.15, -0.1) is 0 Å². The average molecular weight is 438 g/mol. The van der Waals surface area contributed by atoms with Gasteiger partial charge in [0, 0.05) is 35.6 Å². The maximum absolute atomic E-state index is 6.13. The molecule has 1 aliphatic rings. The van der Waals surface area contributed by atoms with Crippen LogP contribution in [0.25, 0.3) is 11.1 Å². The van der Waals surface area contributed by atoms with Crippen LogP contribution in [0.2, 0.25) is 0 Å².